The van der Waals surface area contributed by atoms with Gasteiger partial charge in [-0.25, -0.2) is 0 Å². The van der Waals surface area contributed by atoms with Crippen LogP contribution in [-0.2, 0) is 6.54 Å². The van der Waals surface area contributed by atoms with Crippen molar-refractivity contribution in [3.05, 3.63) is 48.3 Å². The maximum atomic E-state index is 4.45. The molecule has 2 aromatic rings. The van der Waals surface area contributed by atoms with Crippen LogP contribution in [0.3, 0.4) is 0 Å². The number of nitrogens with zero attached hydrogens (tertiary/aromatic N) is 2. The zero-order chi connectivity index (χ0) is 13.6. The van der Waals surface area contributed by atoms with Crippen LogP contribution >= 0.6 is 0 Å². The minimum absolute atomic E-state index is 0.631. The van der Waals surface area contributed by atoms with Crippen molar-refractivity contribution in [1.82, 2.24) is 9.78 Å². The standard InChI is InChI=1S/C17H23N3/c1-2-7-11-16(10-6-1)19-17-12-18-20(14-17)13-15-8-4-3-5-9-15/h3-5,8-9,12,14,16,19H,1-2,6-7,10-11,13H2. The maximum absolute atomic E-state index is 4.45. The molecule has 1 fully saturated rings. The van der Waals surface area contributed by atoms with E-state index in [4.69, 9.17) is 0 Å². The van der Waals surface area contributed by atoms with Crippen LogP contribution in [0.2, 0.25) is 0 Å². The van der Waals surface area contributed by atoms with Gasteiger partial charge in [0.05, 0.1) is 18.4 Å². The summed E-state index contributed by atoms with van der Waals surface area (Å²) in [6, 6.07) is 11.1. The van der Waals surface area contributed by atoms with Gasteiger partial charge in [-0.1, -0.05) is 56.0 Å². The van der Waals surface area contributed by atoms with Gasteiger partial charge in [-0.15, -0.1) is 0 Å². The molecule has 3 rings (SSSR count). The van der Waals surface area contributed by atoms with Crippen LogP contribution in [0.15, 0.2) is 42.7 Å². The number of nitrogens with one attached hydrogen (secondary N) is 1. The Morgan fingerprint density at radius 3 is 2.55 bits per heavy atom. The van der Waals surface area contributed by atoms with Crippen molar-refractivity contribution in [2.24, 2.45) is 0 Å². The third-order valence-electron chi connectivity index (χ3n) is 4.05. The highest BCUT2D eigenvalue weighted by Gasteiger charge is 2.12. The Labute approximate surface area is 121 Å². The summed E-state index contributed by atoms with van der Waals surface area (Å²) < 4.78 is 2.01. The Morgan fingerprint density at radius 1 is 1.05 bits per heavy atom. The van der Waals surface area contributed by atoms with Crippen LogP contribution in [0.25, 0.3) is 0 Å². The maximum Gasteiger partial charge on any atom is 0.0728 e. The lowest BCUT2D eigenvalue weighted by atomic mass is 10.1. The van der Waals surface area contributed by atoms with Gasteiger partial charge in [0.15, 0.2) is 0 Å². The number of hydrogen-bond acceptors (Lipinski definition) is 2. The summed E-state index contributed by atoms with van der Waals surface area (Å²) >= 11 is 0. The molecule has 3 heteroatoms. The number of hydrogen-bond donors (Lipinski definition) is 1. The van der Waals surface area contributed by atoms with Gasteiger partial charge in [-0.2, -0.15) is 5.10 Å². The predicted octanol–water partition coefficient (Wildman–Crippen LogP) is 4.07. The third-order valence-corrected chi connectivity index (χ3v) is 4.05. The van der Waals surface area contributed by atoms with Crippen LogP contribution in [0, 0.1) is 0 Å². The van der Waals surface area contributed by atoms with Gasteiger partial charge in [-0.05, 0) is 18.4 Å². The zero-order valence-electron chi connectivity index (χ0n) is 12.0. The first-order valence-corrected chi connectivity index (χ1v) is 7.73. The molecule has 1 saturated carbocycles. The lowest BCUT2D eigenvalue weighted by molar-refractivity contribution is 0.619. The molecule has 1 aliphatic carbocycles. The Hall–Kier alpha value is -1.77. The van der Waals surface area contributed by atoms with Gasteiger partial charge in [0.25, 0.3) is 0 Å². The fourth-order valence-electron chi connectivity index (χ4n) is 2.95. The normalized spacial score (nSPS) is 16.8. The van der Waals surface area contributed by atoms with Gasteiger partial charge < -0.3 is 5.32 Å². The smallest absolute Gasteiger partial charge is 0.0728 e. The van der Waals surface area contributed by atoms with Crippen molar-refractivity contribution in [1.29, 1.82) is 0 Å². The molecular formula is C17H23N3. The van der Waals surface area contributed by atoms with Gasteiger partial charge >= 0.3 is 0 Å². The molecule has 1 aromatic heterocycles. The molecule has 106 valence electrons. The minimum atomic E-state index is 0.631. The molecule has 1 aromatic carbocycles. The van der Waals surface area contributed by atoms with Gasteiger partial charge in [-0.3, -0.25) is 4.68 Å². The minimum Gasteiger partial charge on any atom is -0.380 e. The summed E-state index contributed by atoms with van der Waals surface area (Å²) in [4.78, 5) is 0. The largest absolute Gasteiger partial charge is 0.380 e. The van der Waals surface area contributed by atoms with Crippen molar-refractivity contribution in [2.45, 2.75) is 51.1 Å². The molecule has 3 nitrogen and oxygen atoms in total. The van der Waals surface area contributed by atoms with Crippen molar-refractivity contribution in [3.63, 3.8) is 0 Å². The number of rotatable bonds is 4. The van der Waals surface area contributed by atoms with Crippen molar-refractivity contribution in [2.75, 3.05) is 5.32 Å². The summed E-state index contributed by atoms with van der Waals surface area (Å²) in [7, 11) is 0. The molecule has 1 aliphatic rings. The average Bonchev–Trinajstić information content (AvgIpc) is 2.74. The van der Waals surface area contributed by atoms with Crippen LogP contribution < -0.4 is 5.32 Å². The van der Waals surface area contributed by atoms with E-state index in [1.807, 2.05) is 16.9 Å². The fraction of sp³-hybridized carbons (Fsp3) is 0.471. The molecule has 1 heterocycles. The first kappa shape index (κ1) is 13.2. The Balaban J connectivity index is 1.59. The fourth-order valence-corrected chi connectivity index (χ4v) is 2.95. The Morgan fingerprint density at radius 2 is 1.80 bits per heavy atom. The van der Waals surface area contributed by atoms with Gasteiger partial charge in [0.1, 0.15) is 0 Å². The summed E-state index contributed by atoms with van der Waals surface area (Å²) in [5.41, 5.74) is 2.45. The van der Waals surface area contributed by atoms with E-state index in [-0.39, 0.29) is 0 Å². The summed E-state index contributed by atoms with van der Waals surface area (Å²) in [6.45, 7) is 0.840. The molecular weight excluding hydrogens is 246 g/mol. The lowest BCUT2D eigenvalue weighted by Gasteiger charge is -2.15. The molecule has 0 atom stereocenters. The first-order valence-electron chi connectivity index (χ1n) is 7.73. The highest BCUT2D eigenvalue weighted by Crippen LogP contribution is 2.21. The number of anilines is 1. The Kier molecular flexibility index (Phi) is 4.36. The second-order valence-electron chi connectivity index (χ2n) is 5.75. The molecule has 0 radical (unpaired) electrons. The lowest BCUT2D eigenvalue weighted by Crippen LogP contribution is -2.17. The van der Waals surface area contributed by atoms with E-state index in [0.29, 0.717) is 6.04 Å². The third kappa shape index (κ3) is 3.62. The van der Waals surface area contributed by atoms with E-state index >= 15 is 0 Å². The van der Waals surface area contributed by atoms with Gasteiger partial charge in [0.2, 0.25) is 0 Å². The van der Waals surface area contributed by atoms with E-state index < -0.39 is 0 Å². The second kappa shape index (κ2) is 6.60. The molecule has 0 spiro atoms. The van der Waals surface area contributed by atoms with Crippen LogP contribution in [0.1, 0.15) is 44.1 Å². The van der Waals surface area contributed by atoms with Gasteiger partial charge in [0, 0.05) is 12.2 Å². The number of benzene rings is 1. The van der Waals surface area contributed by atoms with Crippen molar-refractivity contribution >= 4 is 5.69 Å². The SMILES string of the molecule is c1ccc(Cn2cc(NC3CCCCCC3)cn2)cc1. The van der Waals surface area contributed by atoms with Crippen LogP contribution in [0.5, 0.6) is 0 Å². The van der Waals surface area contributed by atoms with E-state index in [2.05, 4.69) is 40.9 Å². The highest BCUT2D eigenvalue weighted by molar-refractivity contribution is 5.39. The van der Waals surface area contributed by atoms with Crippen LogP contribution in [-0.4, -0.2) is 15.8 Å². The summed E-state index contributed by atoms with van der Waals surface area (Å²) in [5, 5.41) is 8.10. The monoisotopic (exact) mass is 269 g/mol. The molecule has 0 bridgehead atoms. The van der Waals surface area contributed by atoms with E-state index in [1.54, 1.807) is 0 Å². The van der Waals surface area contributed by atoms with Crippen molar-refractivity contribution < 1.29 is 0 Å². The average molecular weight is 269 g/mol. The predicted molar refractivity (Wildman–Crippen MR) is 82.9 cm³/mol. The highest BCUT2D eigenvalue weighted by atomic mass is 15.3. The Bertz CT molecular complexity index is 510. The summed E-state index contributed by atoms with van der Waals surface area (Å²) in [6.07, 6.45) is 12.2. The second-order valence-corrected chi connectivity index (χ2v) is 5.75. The van der Waals surface area contributed by atoms with Crippen LogP contribution in [0.4, 0.5) is 5.69 Å². The molecule has 0 amide bonds. The zero-order valence-corrected chi connectivity index (χ0v) is 12.0. The topological polar surface area (TPSA) is 29.9 Å². The molecule has 1 N–H and O–H groups in total. The molecule has 0 aliphatic heterocycles. The number of aromatic nitrogens is 2. The first-order chi connectivity index (χ1) is 9.90. The van der Waals surface area contributed by atoms with Crippen molar-refractivity contribution in [3.8, 4) is 0 Å². The van der Waals surface area contributed by atoms with E-state index in [9.17, 15) is 0 Å². The quantitative estimate of drug-likeness (QED) is 0.848. The van der Waals surface area contributed by atoms with E-state index in [1.165, 1.54) is 44.1 Å². The molecule has 0 saturated heterocycles. The molecule has 0 unspecified atom stereocenters. The summed E-state index contributed by atoms with van der Waals surface area (Å²) in [5.74, 6) is 0. The molecule has 20 heavy (non-hydrogen) atoms. The van der Waals surface area contributed by atoms with E-state index in [0.717, 1.165) is 12.2 Å².